The maximum Gasteiger partial charge on any atom is 0.271 e. The zero-order chi connectivity index (χ0) is 14.7. The van der Waals surface area contributed by atoms with Gasteiger partial charge in [0.2, 0.25) is 0 Å². The lowest BCUT2D eigenvalue weighted by molar-refractivity contribution is -0.384. The molecule has 0 fully saturated rings. The van der Waals surface area contributed by atoms with Gasteiger partial charge in [0.1, 0.15) is 5.15 Å². The molecule has 0 aliphatic rings. The summed E-state index contributed by atoms with van der Waals surface area (Å²) in [7, 11) is 0. The van der Waals surface area contributed by atoms with E-state index in [9.17, 15) is 14.9 Å². The van der Waals surface area contributed by atoms with Crippen LogP contribution in [0.1, 0.15) is 10.4 Å². The van der Waals surface area contributed by atoms with Crippen LogP contribution in [0.3, 0.4) is 0 Å². The molecule has 8 heteroatoms. The van der Waals surface area contributed by atoms with Gasteiger partial charge in [-0.05, 0) is 12.1 Å². The normalized spacial score (nSPS) is 10.1. The number of amides is 1. The Labute approximate surface area is 123 Å². The van der Waals surface area contributed by atoms with Gasteiger partial charge < -0.3 is 5.32 Å². The van der Waals surface area contributed by atoms with Crippen molar-refractivity contribution >= 4 is 40.5 Å². The Morgan fingerprint density at radius 3 is 2.70 bits per heavy atom. The molecule has 0 aliphatic carbocycles. The minimum absolute atomic E-state index is 0.0959. The number of benzene rings is 1. The van der Waals surface area contributed by atoms with Crippen molar-refractivity contribution in [1.29, 1.82) is 0 Å². The van der Waals surface area contributed by atoms with E-state index in [1.54, 1.807) is 0 Å². The molecule has 2 rings (SSSR count). The van der Waals surface area contributed by atoms with Gasteiger partial charge in [-0.2, -0.15) is 0 Å². The van der Waals surface area contributed by atoms with Gasteiger partial charge in [0.15, 0.2) is 0 Å². The number of rotatable bonds is 3. The lowest BCUT2D eigenvalue weighted by Gasteiger charge is -2.05. The predicted molar refractivity (Wildman–Crippen MR) is 75.3 cm³/mol. The Bertz CT molecular complexity index is 691. The van der Waals surface area contributed by atoms with Crippen molar-refractivity contribution in [2.24, 2.45) is 0 Å². The molecular formula is C12H7Cl2N3O3. The number of carbonyl (C=O) groups excluding carboxylic acids is 1. The fourth-order valence-electron chi connectivity index (χ4n) is 1.45. The number of hydrogen-bond acceptors (Lipinski definition) is 4. The number of nitrogens with zero attached hydrogens (tertiary/aromatic N) is 2. The third-order valence-corrected chi connectivity index (χ3v) is 3.06. The molecule has 0 radical (unpaired) electrons. The van der Waals surface area contributed by atoms with Crippen LogP contribution in [0.4, 0.5) is 11.4 Å². The lowest BCUT2D eigenvalue weighted by Crippen LogP contribution is -2.12. The zero-order valence-electron chi connectivity index (χ0n) is 9.84. The summed E-state index contributed by atoms with van der Waals surface area (Å²) in [4.78, 5) is 25.8. The Morgan fingerprint density at radius 2 is 2.05 bits per heavy atom. The van der Waals surface area contributed by atoms with E-state index in [0.717, 1.165) is 0 Å². The highest BCUT2D eigenvalue weighted by molar-refractivity contribution is 6.41. The summed E-state index contributed by atoms with van der Waals surface area (Å²) in [5.41, 5.74) is 0.385. The molecule has 102 valence electrons. The number of pyridine rings is 1. The monoisotopic (exact) mass is 311 g/mol. The topological polar surface area (TPSA) is 85.1 Å². The van der Waals surface area contributed by atoms with E-state index < -0.39 is 10.8 Å². The molecular weight excluding hydrogens is 305 g/mol. The van der Waals surface area contributed by atoms with Crippen LogP contribution in [-0.4, -0.2) is 15.8 Å². The lowest BCUT2D eigenvalue weighted by atomic mass is 10.2. The first-order chi connectivity index (χ1) is 9.47. The summed E-state index contributed by atoms with van der Waals surface area (Å²) in [6.07, 6.45) is 1.26. The fraction of sp³-hybridized carbons (Fsp3) is 0. The number of non-ortho nitro benzene ring substituents is 1. The molecule has 1 aromatic heterocycles. The first-order valence-electron chi connectivity index (χ1n) is 5.34. The summed E-state index contributed by atoms with van der Waals surface area (Å²) in [5, 5.41) is 13.4. The average molecular weight is 312 g/mol. The third-order valence-electron chi connectivity index (χ3n) is 2.37. The maximum absolute atomic E-state index is 11.9. The summed E-state index contributed by atoms with van der Waals surface area (Å²) in [6.45, 7) is 0. The van der Waals surface area contributed by atoms with Crippen LogP contribution in [0.15, 0.2) is 36.5 Å². The van der Waals surface area contributed by atoms with Crippen molar-refractivity contribution in [3.8, 4) is 0 Å². The van der Waals surface area contributed by atoms with Crippen molar-refractivity contribution in [1.82, 2.24) is 4.98 Å². The number of nitro benzene ring substituents is 1. The van der Waals surface area contributed by atoms with Gasteiger partial charge in [0, 0.05) is 24.0 Å². The van der Waals surface area contributed by atoms with Crippen LogP contribution in [0.5, 0.6) is 0 Å². The molecule has 1 amide bonds. The van der Waals surface area contributed by atoms with Crippen molar-refractivity contribution < 1.29 is 9.72 Å². The predicted octanol–water partition coefficient (Wildman–Crippen LogP) is 3.55. The molecule has 1 heterocycles. The quantitative estimate of drug-likeness (QED) is 0.533. The van der Waals surface area contributed by atoms with Crippen LogP contribution in [0.25, 0.3) is 0 Å². The maximum atomic E-state index is 11.9. The van der Waals surface area contributed by atoms with Gasteiger partial charge in [0.25, 0.3) is 11.6 Å². The van der Waals surface area contributed by atoms with E-state index in [-0.39, 0.29) is 21.4 Å². The summed E-state index contributed by atoms with van der Waals surface area (Å²) >= 11 is 11.4. The average Bonchev–Trinajstić information content (AvgIpc) is 2.42. The number of nitro groups is 1. The number of halogens is 2. The summed E-state index contributed by atoms with van der Waals surface area (Å²) in [5.74, 6) is -0.489. The number of carbonyl (C=O) groups is 1. The second-order valence-electron chi connectivity index (χ2n) is 3.76. The largest absolute Gasteiger partial charge is 0.322 e. The second kappa shape index (κ2) is 5.85. The Hall–Kier alpha value is -2.18. The number of hydrogen-bond donors (Lipinski definition) is 1. The van der Waals surface area contributed by atoms with Gasteiger partial charge in [-0.25, -0.2) is 4.98 Å². The Balaban J connectivity index is 2.21. The number of nitrogens with one attached hydrogen (secondary N) is 1. The smallest absolute Gasteiger partial charge is 0.271 e. The minimum Gasteiger partial charge on any atom is -0.322 e. The molecule has 20 heavy (non-hydrogen) atoms. The molecule has 1 N–H and O–H groups in total. The van der Waals surface area contributed by atoms with Crippen LogP contribution >= 0.6 is 23.2 Å². The molecule has 0 atom stereocenters. The number of aromatic nitrogens is 1. The molecule has 6 nitrogen and oxygen atoms in total. The van der Waals surface area contributed by atoms with Crippen molar-refractivity contribution in [3.63, 3.8) is 0 Å². The van der Waals surface area contributed by atoms with Gasteiger partial charge in [-0.15, -0.1) is 0 Å². The van der Waals surface area contributed by atoms with Crippen LogP contribution in [0, 0.1) is 10.1 Å². The standard InChI is InChI=1S/C12H7Cl2N3O3/c13-10-4-7(6-15-11(10)14)12(18)16-8-2-1-3-9(5-8)17(19)20/h1-6H,(H,16,18). The number of anilines is 1. The molecule has 0 unspecified atom stereocenters. The van der Waals surface area contributed by atoms with E-state index in [4.69, 9.17) is 23.2 Å². The van der Waals surface area contributed by atoms with Crippen LogP contribution in [-0.2, 0) is 0 Å². The van der Waals surface area contributed by atoms with Gasteiger partial charge in [0.05, 0.1) is 15.5 Å². The van der Waals surface area contributed by atoms with Crippen molar-refractivity contribution in [2.45, 2.75) is 0 Å². The summed E-state index contributed by atoms with van der Waals surface area (Å²) < 4.78 is 0. The van der Waals surface area contributed by atoms with Gasteiger partial charge in [-0.1, -0.05) is 29.3 Å². The van der Waals surface area contributed by atoms with E-state index in [1.807, 2.05) is 0 Å². The van der Waals surface area contributed by atoms with Gasteiger partial charge >= 0.3 is 0 Å². The first-order valence-corrected chi connectivity index (χ1v) is 6.10. The van der Waals surface area contributed by atoms with Crippen LogP contribution in [0.2, 0.25) is 10.2 Å². The Kier molecular flexibility index (Phi) is 4.16. The zero-order valence-corrected chi connectivity index (χ0v) is 11.4. The summed E-state index contributed by atoms with van der Waals surface area (Å²) in [6, 6.07) is 6.96. The fourth-order valence-corrected chi connectivity index (χ4v) is 1.72. The first kappa shape index (κ1) is 14.2. The molecule has 1 aromatic carbocycles. The molecule has 0 saturated heterocycles. The molecule has 0 bridgehead atoms. The highest BCUT2D eigenvalue weighted by Gasteiger charge is 2.11. The van der Waals surface area contributed by atoms with Crippen LogP contribution < -0.4 is 5.32 Å². The highest BCUT2D eigenvalue weighted by Crippen LogP contribution is 2.21. The van der Waals surface area contributed by atoms with E-state index in [2.05, 4.69) is 10.3 Å². The van der Waals surface area contributed by atoms with Crippen molar-refractivity contribution in [3.05, 3.63) is 62.4 Å². The Morgan fingerprint density at radius 1 is 1.30 bits per heavy atom. The minimum atomic E-state index is -0.545. The molecule has 2 aromatic rings. The van der Waals surface area contributed by atoms with Gasteiger partial charge in [-0.3, -0.25) is 14.9 Å². The molecule has 0 spiro atoms. The van der Waals surface area contributed by atoms with E-state index in [0.29, 0.717) is 5.69 Å². The van der Waals surface area contributed by atoms with Crippen molar-refractivity contribution in [2.75, 3.05) is 5.32 Å². The molecule has 0 aliphatic heterocycles. The highest BCUT2D eigenvalue weighted by atomic mass is 35.5. The van der Waals surface area contributed by atoms with E-state index >= 15 is 0 Å². The van der Waals surface area contributed by atoms with E-state index in [1.165, 1.54) is 36.5 Å². The molecule has 0 saturated carbocycles. The third kappa shape index (κ3) is 3.23. The second-order valence-corrected chi connectivity index (χ2v) is 4.52. The SMILES string of the molecule is O=C(Nc1cccc([N+](=O)[O-])c1)c1cnc(Cl)c(Cl)c1.